The lowest BCUT2D eigenvalue weighted by molar-refractivity contribution is 0.0672. The molecule has 1 unspecified atom stereocenters. The van der Waals surface area contributed by atoms with E-state index in [0.717, 1.165) is 30.1 Å². The summed E-state index contributed by atoms with van der Waals surface area (Å²) < 4.78 is 0. The van der Waals surface area contributed by atoms with Crippen LogP contribution in [0.5, 0.6) is 0 Å². The summed E-state index contributed by atoms with van der Waals surface area (Å²) in [6.45, 7) is 3.25. The summed E-state index contributed by atoms with van der Waals surface area (Å²) in [5.74, 6) is 0.0177. The van der Waals surface area contributed by atoms with Crippen molar-refractivity contribution in [2.45, 2.75) is 18.4 Å². The van der Waals surface area contributed by atoms with Crippen LogP contribution in [0.25, 0.3) is 10.6 Å². The van der Waals surface area contributed by atoms with Gasteiger partial charge in [-0.2, -0.15) is 10.2 Å². The van der Waals surface area contributed by atoms with E-state index < -0.39 is 0 Å². The highest BCUT2D eigenvalue weighted by Crippen LogP contribution is 2.44. The first-order chi connectivity index (χ1) is 13.6. The van der Waals surface area contributed by atoms with Gasteiger partial charge in [0.25, 0.3) is 5.91 Å². The molecule has 0 saturated carbocycles. The highest BCUT2D eigenvalue weighted by atomic mass is 32.1. The lowest BCUT2D eigenvalue weighted by atomic mass is 9.79. The van der Waals surface area contributed by atoms with Gasteiger partial charge in [-0.05, 0) is 26.1 Å². The summed E-state index contributed by atoms with van der Waals surface area (Å²) in [7, 11) is 2.15. The highest BCUT2D eigenvalue weighted by molar-refractivity contribution is 7.15. The van der Waals surface area contributed by atoms with Crippen LogP contribution in [-0.4, -0.2) is 57.6 Å². The molecule has 0 radical (unpaired) electrons. The van der Waals surface area contributed by atoms with Crippen LogP contribution in [0.1, 0.15) is 27.3 Å². The van der Waals surface area contributed by atoms with E-state index in [1.165, 1.54) is 10.6 Å². The molecule has 6 nitrogen and oxygen atoms in total. The molecule has 3 aromatic rings. The van der Waals surface area contributed by atoms with E-state index in [4.69, 9.17) is 4.98 Å². The average molecular weight is 392 g/mol. The van der Waals surface area contributed by atoms with Crippen molar-refractivity contribution in [1.29, 1.82) is 0 Å². The molecule has 1 aromatic carbocycles. The largest absolute Gasteiger partial charge is 0.332 e. The molecule has 2 aromatic heterocycles. The summed E-state index contributed by atoms with van der Waals surface area (Å²) in [5, 5.41) is 8.71. The molecule has 0 N–H and O–H groups in total. The van der Waals surface area contributed by atoms with E-state index in [-0.39, 0.29) is 11.3 Å². The second-order valence-electron chi connectivity index (χ2n) is 7.72. The van der Waals surface area contributed by atoms with Gasteiger partial charge in [-0.3, -0.25) is 4.79 Å². The quantitative estimate of drug-likeness (QED) is 0.672. The molecular formula is C21H21N5OS. The zero-order chi connectivity index (χ0) is 19.1. The fourth-order valence-corrected chi connectivity index (χ4v) is 5.60. The fraction of sp³-hybridized carbons (Fsp3) is 0.333. The molecule has 1 spiro atoms. The number of likely N-dealkylation sites (tertiary alicyclic amines) is 1. The Hall–Kier alpha value is -2.64. The lowest BCUT2D eigenvalue weighted by Crippen LogP contribution is -2.49. The summed E-state index contributed by atoms with van der Waals surface area (Å²) in [6.07, 6.45) is 4.14. The predicted molar refractivity (Wildman–Crippen MR) is 108 cm³/mol. The van der Waals surface area contributed by atoms with Crippen molar-refractivity contribution in [3.63, 3.8) is 0 Å². The number of likely N-dealkylation sites (N-methyl/N-ethyl adjacent to an activating group) is 1. The number of benzene rings is 1. The minimum absolute atomic E-state index is 0.0177. The third kappa shape index (κ3) is 2.91. The molecule has 142 valence electrons. The number of thiazole rings is 1. The van der Waals surface area contributed by atoms with Crippen LogP contribution in [-0.2, 0) is 12.0 Å². The number of rotatable bonds is 2. The van der Waals surface area contributed by atoms with Gasteiger partial charge in [-0.15, -0.1) is 11.3 Å². The third-order valence-electron chi connectivity index (χ3n) is 5.71. The van der Waals surface area contributed by atoms with E-state index in [9.17, 15) is 4.79 Å². The van der Waals surface area contributed by atoms with Crippen molar-refractivity contribution >= 4 is 17.2 Å². The summed E-state index contributed by atoms with van der Waals surface area (Å²) in [5.41, 5.74) is 2.83. The number of fused-ring (bicyclic) bond motifs is 2. The van der Waals surface area contributed by atoms with Crippen LogP contribution < -0.4 is 0 Å². The highest BCUT2D eigenvalue weighted by Gasteiger charge is 2.47. The Bertz CT molecular complexity index is 1010. The van der Waals surface area contributed by atoms with Crippen molar-refractivity contribution in [2.75, 3.05) is 26.7 Å². The molecule has 28 heavy (non-hydrogen) atoms. The first-order valence-corrected chi connectivity index (χ1v) is 10.3. The van der Waals surface area contributed by atoms with Crippen molar-refractivity contribution in [2.24, 2.45) is 0 Å². The Morgan fingerprint density at radius 1 is 1.14 bits per heavy atom. The van der Waals surface area contributed by atoms with Crippen molar-refractivity contribution in [1.82, 2.24) is 25.0 Å². The maximum atomic E-state index is 13.1. The second-order valence-corrected chi connectivity index (χ2v) is 8.80. The lowest BCUT2D eigenvalue weighted by Gasteiger charge is -2.39. The molecule has 4 heterocycles. The van der Waals surface area contributed by atoms with E-state index in [1.807, 2.05) is 23.1 Å². The van der Waals surface area contributed by atoms with Gasteiger partial charge in [0, 0.05) is 28.9 Å². The fourth-order valence-electron chi connectivity index (χ4n) is 4.39. The zero-order valence-corrected chi connectivity index (χ0v) is 16.5. The third-order valence-corrected chi connectivity index (χ3v) is 6.80. The van der Waals surface area contributed by atoms with Gasteiger partial charge in [0.05, 0.1) is 30.2 Å². The van der Waals surface area contributed by atoms with Gasteiger partial charge >= 0.3 is 0 Å². The van der Waals surface area contributed by atoms with E-state index in [0.29, 0.717) is 18.7 Å². The maximum Gasteiger partial charge on any atom is 0.255 e. The molecule has 0 bridgehead atoms. The van der Waals surface area contributed by atoms with Gasteiger partial charge < -0.3 is 9.80 Å². The van der Waals surface area contributed by atoms with Crippen LogP contribution in [0.2, 0.25) is 0 Å². The summed E-state index contributed by atoms with van der Waals surface area (Å²) in [4.78, 5) is 23.7. The van der Waals surface area contributed by atoms with Gasteiger partial charge in [0.15, 0.2) is 0 Å². The first-order valence-electron chi connectivity index (χ1n) is 9.45. The minimum Gasteiger partial charge on any atom is -0.332 e. The SMILES string of the molecule is CN1CCC2(C1)CN(C(=O)c1ccnnc1)Cc1sc(-c3ccccc3)nc12. The van der Waals surface area contributed by atoms with Crippen molar-refractivity contribution in [3.8, 4) is 10.6 Å². The molecular weight excluding hydrogens is 370 g/mol. The number of carbonyl (C=O) groups excluding carboxylic acids is 1. The molecule has 7 heteroatoms. The Morgan fingerprint density at radius 2 is 2.00 bits per heavy atom. The standard InChI is InChI=1S/C21H21N5OS/c1-25-10-8-21(13-25)14-26(20(27)16-7-9-22-23-11-16)12-17-18(21)24-19(28-17)15-5-3-2-4-6-15/h2-7,9,11H,8,10,12-14H2,1H3. The van der Waals surface area contributed by atoms with Crippen LogP contribution in [0.4, 0.5) is 0 Å². The van der Waals surface area contributed by atoms with Crippen LogP contribution in [0, 0.1) is 0 Å². The van der Waals surface area contributed by atoms with Gasteiger partial charge in [-0.1, -0.05) is 30.3 Å². The van der Waals surface area contributed by atoms with Crippen LogP contribution in [0.15, 0.2) is 48.8 Å². The Balaban J connectivity index is 1.55. The number of carbonyl (C=O) groups is 1. The normalized spacial score (nSPS) is 21.8. The Kier molecular flexibility index (Phi) is 4.21. The summed E-state index contributed by atoms with van der Waals surface area (Å²) in [6, 6.07) is 12.0. The maximum absolute atomic E-state index is 13.1. The first kappa shape index (κ1) is 17.5. The van der Waals surface area contributed by atoms with E-state index >= 15 is 0 Å². The predicted octanol–water partition coefficient (Wildman–Crippen LogP) is 2.83. The Morgan fingerprint density at radius 3 is 2.71 bits per heavy atom. The number of nitrogens with zero attached hydrogens (tertiary/aromatic N) is 5. The smallest absolute Gasteiger partial charge is 0.255 e. The summed E-state index contributed by atoms with van der Waals surface area (Å²) >= 11 is 1.72. The van der Waals surface area contributed by atoms with Crippen molar-refractivity contribution in [3.05, 3.63) is 64.9 Å². The molecule has 1 atom stereocenters. The van der Waals surface area contributed by atoms with Crippen LogP contribution >= 0.6 is 11.3 Å². The Labute approximate surface area is 167 Å². The molecule has 2 aliphatic rings. The molecule has 1 saturated heterocycles. The number of hydrogen-bond acceptors (Lipinski definition) is 6. The van der Waals surface area contributed by atoms with Gasteiger partial charge in [0.1, 0.15) is 5.01 Å². The van der Waals surface area contributed by atoms with Crippen molar-refractivity contribution < 1.29 is 4.79 Å². The average Bonchev–Trinajstić information content (AvgIpc) is 3.33. The molecule has 1 amide bonds. The number of hydrogen-bond donors (Lipinski definition) is 0. The molecule has 1 fully saturated rings. The number of amides is 1. The molecule has 0 aliphatic carbocycles. The van der Waals surface area contributed by atoms with Crippen LogP contribution in [0.3, 0.4) is 0 Å². The van der Waals surface area contributed by atoms with Gasteiger partial charge in [-0.25, -0.2) is 4.98 Å². The van der Waals surface area contributed by atoms with Gasteiger partial charge in [0.2, 0.25) is 0 Å². The monoisotopic (exact) mass is 391 g/mol. The minimum atomic E-state index is -0.0953. The van der Waals surface area contributed by atoms with E-state index in [1.54, 1.807) is 29.8 Å². The molecule has 5 rings (SSSR count). The second kappa shape index (κ2) is 6.76. The zero-order valence-electron chi connectivity index (χ0n) is 15.7. The van der Waals surface area contributed by atoms with E-state index in [2.05, 4.69) is 34.3 Å². The topological polar surface area (TPSA) is 62.2 Å². The molecule has 2 aliphatic heterocycles. The number of aromatic nitrogens is 3.